The van der Waals surface area contributed by atoms with Crippen LogP contribution in [0.2, 0.25) is 0 Å². The summed E-state index contributed by atoms with van der Waals surface area (Å²) in [6, 6.07) is 7.32. The number of anilines is 2. The lowest BCUT2D eigenvalue weighted by molar-refractivity contribution is 0.0519. The van der Waals surface area contributed by atoms with Crippen LogP contribution in [-0.4, -0.2) is 39.2 Å². The summed E-state index contributed by atoms with van der Waals surface area (Å²) in [4.78, 5) is 25.3. The fourth-order valence-electron chi connectivity index (χ4n) is 2.78. The van der Waals surface area contributed by atoms with E-state index in [0.717, 1.165) is 22.8 Å². The van der Waals surface area contributed by atoms with Crippen LogP contribution in [0.15, 0.2) is 36.8 Å². The number of hydrogen-bond donors (Lipinski definition) is 1. The van der Waals surface area contributed by atoms with E-state index in [1.165, 1.54) is 0 Å². The Balaban J connectivity index is 1.93. The van der Waals surface area contributed by atoms with Gasteiger partial charge in [-0.1, -0.05) is 13.8 Å². The zero-order valence-electron chi connectivity index (χ0n) is 17.3. The smallest absolute Gasteiger partial charge is 0.357 e. The Bertz CT molecular complexity index is 1010. The van der Waals surface area contributed by atoms with E-state index < -0.39 is 5.97 Å². The van der Waals surface area contributed by atoms with Crippen molar-refractivity contribution in [3.63, 3.8) is 0 Å². The van der Waals surface area contributed by atoms with Gasteiger partial charge >= 0.3 is 5.97 Å². The minimum absolute atomic E-state index is 0.133. The molecule has 0 saturated heterocycles. The van der Waals surface area contributed by atoms with Gasteiger partial charge in [0.2, 0.25) is 5.95 Å². The number of methoxy groups -OCH3 is 1. The van der Waals surface area contributed by atoms with Crippen molar-refractivity contribution < 1.29 is 14.3 Å². The Morgan fingerprint density at radius 2 is 2.03 bits per heavy atom. The molecular formula is C21H25N5O3. The van der Waals surface area contributed by atoms with Crippen molar-refractivity contribution >= 4 is 17.6 Å². The van der Waals surface area contributed by atoms with Gasteiger partial charge in [0.15, 0.2) is 5.69 Å². The molecule has 0 aliphatic heterocycles. The van der Waals surface area contributed by atoms with Crippen LogP contribution in [0.4, 0.5) is 11.6 Å². The van der Waals surface area contributed by atoms with Crippen molar-refractivity contribution in [2.75, 3.05) is 19.0 Å². The van der Waals surface area contributed by atoms with Crippen molar-refractivity contribution in [3.8, 4) is 11.4 Å². The number of hydrogen-bond acceptors (Lipinski definition) is 7. The van der Waals surface area contributed by atoms with Crippen LogP contribution in [0.5, 0.6) is 5.75 Å². The van der Waals surface area contributed by atoms with E-state index in [4.69, 9.17) is 9.47 Å². The summed E-state index contributed by atoms with van der Waals surface area (Å²) in [7, 11) is 1.61. The maximum atomic E-state index is 12.2. The summed E-state index contributed by atoms with van der Waals surface area (Å²) in [6.45, 7) is 7.99. The molecule has 3 rings (SSSR count). The lowest BCUT2D eigenvalue weighted by Crippen LogP contribution is -2.12. The third-order valence-corrected chi connectivity index (χ3v) is 4.25. The van der Waals surface area contributed by atoms with Crippen molar-refractivity contribution in [2.45, 2.75) is 33.6 Å². The monoisotopic (exact) mass is 395 g/mol. The number of benzene rings is 1. The van der Waals surface area contributed by atoms with Crippen LogP contribution >= 0.6 is 0 Å². The SMILES string of the molecule is CCOC(=O)c1cc(C(C)C)nc(Nc2ccc(-n3cnc(C)c3)c(OC)c2)n1. The van der Waals surface area contributed by atoms with Gasteiger partial charge in [0.25, 0.3) is 0 Å². The number of carbonyl (C=O) groups excluding carboxylic acids is 1. The number of nitrogens with zero attached hydrogens (tertiary/aromatic N) is 4. The normalized spacial score (nSPS) is 10.8. The first-order chi connectivity index (χ1) is 13.9. The lowest BCUT2D eigenvalue weighted by Gasteiger charge is -2.14. The number of ether oxygens (including phenoxy) is 2. The van der Waals surface area contributed by atoms with Gasteiger partial charge in [-0.3, -0.25) is 0 Å². The largest absolute Gasteiger partial charge is 0.494 e. The van der Waals surface area contributed by atoms with E-state index in [1.54, 1.807) is 26.4 Å². The highest BCUT2D eigenvalue weighted by atomic mass is 16.5. The number of rotatable bonds is 7. The number of nitrogens with one attached hydrogen (secondary N) is 1. The van der Waals surface area contributed by atoms with E-state index in [0.29, 0.717) is 11.7 Å². The molecule has 0 atom stereocenters. The molecule has 2 aromatic heterocycles. The van der Waals surface area contributed by atoms with E-state index >= 15 is 0 Å². The third kappa shape index (κ3) is 4.71. The summed E-state index contributed by atoms with van der Waals surface area (Å²) in [5, 5.41) is 3.16. The van der Waals surface area contributed by atoms with Crippen LogP contribution in [0.3, 0.4) is 0 Å². The summed E-state index contributed by atoms with van der Waals surface area (Å²) >= 11 is 0. The second-order valence-electron chi connectivity index (χ2n) is 6.81. The molecule has 0 aliphatic carbocycles. The first kappa shape index (κ1) is 20.3. The molecule has 0 radical (unpaired) electrons. The van der Waals surface area contributed by atoms with Gasteiger partial charge in [-0.2, -0.15) is 0 Å². The molecule has 0 bridgehead atoms. The van der Waals surface area contributed by atoms with Gasteiger partial charge in [0.1, 0.15) is 5.75 Å². The minimum Gasteiger partial charge on any atom is -0.494 e. The van der Waals surface area contributed by atoms with Gasteiger partial charge in [-0.25, -0.2) is 19.7 Å². The molecule has 8 heteroatoms. The molecule has 0 unspecified atom stereocenters. The molecule has 0 saturated carbocycles. The highest BCUT2D eigenvalue weighted by Gasteiger charge is 2.15. The Morgan fingerprint density at radius 3 is 2.66 bits per heavy atom. The molecule has 0 amide bonds. The van der Waals surface area contributed by atoms with Crippen molar-refractivity contribution in [1.82, 2.24) is 19.5 Å². The minimum atomic E-state index is -0.469. The Hall–Kier alpha value is -3.42. The van der Waals surface area contributed by atoms with E-state index in [9.17, 15) is 4.79 Å². The maximum Gasteiger partial charge on any atom is 0.357 e. The van der Waals surface area contributed by atoms with Gasteiger partial charge in [0.05, 0.1) is 31.4 Å². The number of imidazole rings is 1. The van der Waals surface area contributed by atoms with E-state index in [1.807, 2.05) is 49.7 Å². The van der Waals surface area contributed by atoms with Crippen molar-refractivity contribution in [1.29, 1.82) is 0 Å². The van der Waals surface area contributed by atoms with Crippen LogP contribution < -0.4 is 10.1 Å². The van der Waals surface area contributed by atoms with Crippen LogP contribution in [0.1, 0.15) is 48.6 Å². The Morgan fingerprint density at radius 1 is 1.24 bits per heavy atom. The van der Waals surface area contributed by atoms with E-state index in [2.05, 4.69) is 20.3 Å². The highest BCUT2D eigenvalue weighted by molar-refractivity contribution is 5.87. The first-order valence-corrected chi connectivity index (χ1v) is 9.43. The molecule has 2 heterocycles. The summed E-state index contributed by atoms with van der Waals surface area (Å²) in [6.07, 6.45) is 3.66. The molecule has 152 valence electrons. The van der Waals surface area contributed by atoms with Crippen LogP contribution in [-0.2, 0) is 4.74 Å². The van der Waals surface area contributed by atoms with Gasteiger partial charge in [0, 0.05) is 23.6 Å². The second-order valence-corrected chi connectivity index (χ2v) is 6.81. The molecule has 0 fully saturated rings. The fourth-order valence-corrected chi connectivity index (χ4v) is 2.78. The van der Waals surface area contributed by atoms with Crippen molar-refractivity contribution in [2.24, 2.45) is 0 Å². The lowest BCUT2D eigenvalue weighted by atomic mass is 10.1. The fraction of sp³-hybridized carbons (Fsp3) is 0.333. The summed E-state index contributed by atoms with van der Waals surface area (Å²) in [5.41, 5.74) is 3.49. The van der Waals surface area contributed by atoms with Crippen LogP contribution in [0.25, 0.3) is 5.69 Å². The predicted molar refractivity (Wildman–Crippen MR) is 110 cm³/mol. The van der Waals surface area contributed by atoms with E-state index in [-0.39, 0.29) is 18.2 Å². The van der Waals surface area contributed by atoms with Crippen LogP contribution in [0, 0.1) is 6.92 Å². The summed E-state index contributed by atoms with van der Waals surface area (Å²) in [5.74, 6) is 0.655. The van der Waals surface area contributed by atoms with Gasteiger partial charge in [-0.05, 0) is 38.0 Å². The molecule has 1 N–H and O–H groups in total. The third-order valence-electron chi connectivity index (χ3n) is 4.25. The van der Waals surface area contributed by atoms with Gasteiger partial charge in [-0.15, -0.1) is 0 Å². The molecular weight excluding hydrogens is 370 g/mol. The molecule has 3 aromatic rings. The number of aromatic nitrogens is 4. The molecule has 0 spiro atoms. The molecule has 29 heavy (non-hydrogen) atoms. The maximum absolute atomic E-state index is 12.2. The van der Waals surface area contributed by atoms with Crippen molar-refractivity contribution in [3.05, 3.63) is 53.9 Å². The number of esters is 1. The average Bonchev–Trinajstić information content (AvgIpc) is 3.13. The quantitative estimate of drug-likeness (QED) is 0.604. The zero-order chi connectivity index (χ0) is 21.0. The second kappa shape index (κ2) is 8.72. The topological polar surface area (TPSA) is 91.2 Å². The molecule has 1 aromatic carbocycles. The average molecular weight is 395 g/mol. The molecule has 0 aliphatic rings. The van der Waals surface area contributed by atoms with Gasteiger partial charge < -0.3 is 19.4 Å². The predicted octanol–water partition coefficient (Wildman–Crippen LogP) is 4.02. The summed E-state index contributed by atoms with van der Waals surface area (Å²) < 4.78 is 12.5. The molecule has 8 nitrogen and oxygen atoms in total. The number of carbonyl (C=O) groups is 1. The standard InChI is InChI=1S/C21H25N5O3/c1-6-29-20(27)17-10-16(13(2)3)24-21(25-17)23-15-7-8-18(19(9-15)28-5)26-11-14(4)22-12-26/h7-13H,6H2,1-5H3,(H,23,24,25). The zero-order valence-corrected chi connectivity index (χ0v) is 17.3. The first-order valence-electron chi connectivity index (χ1n) is 9.43. The number of aryl methyl sites for hydroxylation is 1. The Labute approximate surface area is 169 Å². The highest BCUT2D eigenvalue weighted by Crippen LogP contribution is 2.28. The Kier molecular flexibility index (Phi) is 6.11.